The van der Waals surface area contributed by atoms with Gasteiger partial charge in [0.1, 0.15) is 12.1 Å². The first-order valence-corrected chi connectivity index (χ1v) is 13.8. The molecule has 204 valence electrons. The molecule has 3 aromatic carbocycles. The Labute approximate surface area is 250 Å². The third-order valence-corrected chi connectivity index (χ3v) is 7.35. The van der Waals surface area contributed by atoms with Crippen molar-refractivity contribution in [1.29, 1.82) is 10.5 Å². The summed E-state index contributed by atoms with van der Waals surface area (Å²) in [5.74, 6) is 0. The van der Waals surface area contributed by atoms with Crippen LogP contribution in [-0.2, 0) is 0 Å². The van der Waals surface area contributed by atoms with Crippen LogP contribution >= 0.6 is 0 Å². The third kappa shape index (κ3) is 5.10. The fraction of sp³-hybridized carbons (Fsp3) is 0.0541. The van der Waals surface area contributed by atoms with Gasteiger partial charge in [0.05, 0.1) is 22.5 Å². The largest absolute Gasteiger partial charge is 0.310 e. The molecule has 0 aliphatic rings. The van der Waals surface area contributed by atoms with Gasteiger partial charge in [0, 0.05) is 58.5 Å². The van der Waals surface area contributed by atoms with Gasteiger partial charge in [0.25, 0.3) is 0 Å². The molecule has 0 radical (unpaired) electrons. The summed E-state index contributed by atoms with van der Waals surface area (Å²) in [5.41, 5.74) is 9.28. The van der Waals surface area contributed by atoms with Crippen molar-refractivity contribution in [2.75, 3.05) is 4.90 Å². The van der Waals surface area contributed by atoms with Gasteiger partial charge in [-0.15, -0.1) is 0 Å². The lowest BCUT2D eigenvalue weighted by molar-refractivity contribution is 1.23. The van der Waals surface area contributed by atoms with Gasteiger partial charge in [-0.3, -0.25) is 9.97 Å². The third-order valence-electron chi connectivity index (χ3n) is 7.35. The topological polar surface area (TPSA) is 89.5 Å². The van der Waals surface area contributed by atoms with E-state index in [9.17, 15) is 10.5 Å². The molecule has 0 N–H and O–H groups in total. The second kappa shape index (κ2) is 11.8. The van der Waals surface area contributed by atoms with E-state index in [1.807, 2.05) is 74.5 Å². The SMILES string of the molecule is Cc1cc(N(c2ccccc2)c2ccccc2)cc(C)c1-c1c(C#N)c(-c2cccnc2)nc(-c2cccnc2)c1C#N. The highest BCUT2D eigenvalue weighted by Crippen LogP contribution is 2.43. The van der Waals surface area contributed by atoms with Gasteiger partial charge in [-0.25, -0.2) is 4.98 Å². The minimum Gasteiger partial charge on any atom is -0.310 e. The Hall–Kier alpha value is -6.11. The van der Waals surface area contributed by atoms with Crippen molar-refractivity contribution >= 4 is 17.1 Å². The second-order valence-corrected chi connectivity index (χ2v) is 10.1. The molecule has 0 spiro atoms. The molecule has 0 aliphatic carbocycles. The number of anilines is 3. The van der Waals surface area contributed by atoms with Crippen LogP contribution in [0.3, 0.4) is 0 Å². The predicted octanol–water partition coefficient (Wildman–Crippen LogP) is 8.70. The van der Waals surface area contributed by atoms with Crippen molar-refractivity contribution in [3.05, 3.63) is 144 Å². The van der Waals surface area contributed by atoms with Gasteiger partial charge in [0.2, 0.25) is 0 Å². The van der Waals surface area contributed by atoms with Crippen molar-refractivity contribution in [2.24, 2.45) is 0 Å². The maximum Gasteiger partial charge on any atom is 0.102 e. The molecule has 6 heteroatoms. The summed E-state index contributed by atoms with van der Waals surface area (Å²) in [5, 5.41) is 21.2. The number of aromatic nitrogens is 3. The average Bonchev–Trinajstić information content (AvgIpc) is 3.06. The number of para-hydroxylation sites is 2. The first-order chi connectivity index (χ1) is 21.1. The minimum atomic E-state index is 0.333. The lowest BCUT2D eigenvalue weighted by Crippen LogP contribution is -2.11. The van der Waals surface area contributed by atoms with Gasteiger partial charge in [-0.1, -0.05) is 36.4 Å². The van der Waals surface area contributed by atoms with E-state index in [0.29, 0.717) is 39.2 Å². The molecule has 0 amide bonds. The van der Waals surface area contributed by atoms with Gasteiger partial charge in [-0.05, 0) is 91.2 Å². The number of hydrogen-bond donors (Lipinski definition) is 0. The maximum atomic E-state index is 10.6. The summed E-state index contributed by atoms with van der Waals surface area (Å²) in [6.45, 7) is 4.05. The molecule has 0 saturated carbocycles. The molecule has 0 aliphatic heterocycles. The molecule has 3 aromatic heterocycles. The fourth-order valence-electron chi connectivity index (χ4n) is 5.54. The van der Waals surface area contributed by atoms with Crippen LogP contribution < -0.4 is 4.90 Å². The highest BCUT2D eigenvalue weighted by Gasteiger charge is 2.26. The zero-order valence-corrected chi connectivity index (χ0v) is 23.7. The Bertz CT molecular complexity index is 1850. The Morgan fingerprint density at radius 3 is 1.42 bits per heavy atom. The standard InChI is InChI=1S/C37H26N6/c1-25-19-31(43(29-13-5-3-6-14-29)30-15-7-4-8-16-30)20-26(2)34(25)35-32(21-38)36(27-11-9-17-40-23-27)42-37(33(35)22-39)28-12-10-18-41-24-28/h3-20,23-24H,1-2H3. The maximum absolute atomic E-state index is 10.6. The molecule has 6 aromatic rings. The molecule has 0 atom stereocenters. The molecule has 0 fully saturated rings. The van der Waals surface area contributed by atoms with E-state index >= 15 is 0 Å². The van der Waals surface area contributed by atoms with E-state index in [4.69, 9.17) is 4.98 Å². The molecule has 6 nitrogen and oxygen atoms in total. The summed E-state index contributed by atoms with van der Waals surface area (Å²) in [6, 6.07) is 36.8. The molecule has 0 bridgehead atoms. The number of hydrogen-bond acceptors (Lipinski definition) is 6. The molecule has 0 saturated heterocycles. The average molecular weight is 555 g/mol. The van der Waals surface area contributed by atoms with Crippen LogP contribution in [0.25, 0.3) is 33.6 Å². The summed E-state index contributed by atoms with van der Waals surface area (Å²) >= 11 is 0. The number of nitrogens with zero attached hydrogens (tertiary/aromatic N) is 6. The van der Waals surface area contributed by atoms with Crippen LogP contribution in [-0.4, -0.2) is 15.0 Å². The first kappa shape index (κ1) is 27.1. The van der Waals surface area contributed by atoms with E-state index in [0.717, 1.165) is 33.8 Å². The number of pyridine rings is 3. The fourth-order valence-corrected chi connectivity index (χ4v) is 5.54. The van der Waals surface area contributed by atoms with E-state index in [-0.39, 0.29) is 0 Å². The van der Waals surface area contributed by atoms with E-state index in [2.05, 4.69) is 63.4 Å². The van der Waals surface area contributed by atoms with Crippen molar-refractivity contribution in [2.45, 2.75) is 13.8 Å². The van der Waals surface area contributed by atoms with Crippen LogP contribution in [0.15, 0.2) is 122 Å². The molecule has 6 rings (SSSR count). The predicted molar refractivity (Wildman–Crippen MR) is 170 cm³/mol. The summed E-state index contributed by atoms with van der Waals surface area (Å²) < 4.78 is 0. The van der Waals surface area contributed by atoms with Crippen LogP contribution in [0.2, 0.25) is 0 Å². The van der Waals surface area contributed by atoms with Gasteiger partial charge >= 0.3 is 0 Å². The van der Waals surface area contributed by atoms with E-state index in [1.165, 1.54) is 0 Å². The van der Waals surface area contributed by atoms with Gasteiger partial charge in [-0.2, -0.15) is 10.5 Å². The number of benzene rings is 3. The van der Waals surface area contributed by atoms with Crippen LogP contribution in [0, 0.1) is 36.5 Å². The Balaban J connectivity index is 1.64. The highest BCUT2D eigenvalue weighted by molar-refractivity contribution is 5.92. The quantitative estimate of drug-likeness (QED) is 0.205. The zero-order valence-electron chi connectivity index (χ0n) is 23.7. The smallest absolute Gasteiger partial charge is 0.102 e. The zero-order chi connectivity index (χ0) is 29.8. The summed E-state index contributed by atoms with van der Waals surface area (Å²) in [4.78, 5) is 15.6. The lowest BCUT2D eigenvalue weighted by atomic mass is 9.85. The van der Waals surface area contributed by atoms with Crippen LogP contribution in [0.1, 0.15) is 22.3 Å². The normalized spacial score (nSPS) is 10.5. The van der Waals surface area contributed by atoms with Crippen molar-refractivity contribution in [3.63, 3.8) is 0 Å². The number of rotatable bonds is 6. The monoisotopic (exact) mass is 554 g/mol. The first-order valence-electron chi connectivity index (χ1n) is 13.8. The Kier molecular flexibility index (Phi) is 7.42. The summed E-state index contributed by atoms with van der Waals surface area (Å²) in [7, 11) is 0. The van der Waals surface area contributed by atoms with Crippen molar-refractivity contribution in [3.8, 4) is 45.8 Å². The number of nitriles is 2. The van der Waals surface area contributed by atoms with Crippen molar-refractivity contribution in [1.82, 2.24) is 15.0 Å². The van der Waals surface area contributed by atoms with Crippen molar-refractivity contribution < 1.29 is 0 Å². The van der Waals surface area contributed by atoms with Gasteiger partial charge in [0.15, 0.2) is 0 Å². The Morgan fingerprint density at radius 2 is 1.02 bits per heavy atom. The molecule has 43 heavy (non-hydrogen) atoms. The highest BCUT2D eigenvalue weighted by atomic mass is 15.1. The molecule has 3 heterocycles. The molecule has 0 unspecified atom stereocenters. The number of aryl methyl sites for hydroxylation is 2. The second-order valence-electron chi connectivity index (χ2n) is 10.1. The minimum absolute atomic E-state index is 0.333. The molecular formula is C37H26N6. The van der Waals surface area contributed by atoms with Crippen LogP contribution in [0.5, 0.6) is 0 Å². The summed E-state index contributed by atoms with van der Waals surface area (Å²) in [6.07, 6.45) is 6.74. The van der Waals surface area contributed by atoms with Crippen LogP contribution in [0.4, 0.5) is 17.1 Å². The van der Waals surface area contributed by atoms with E-state index in [1.54, 1.807) is 24.8 Å². The lowest BCUT2D eigenvalue weighted by Gasteiger charge is -2.27. The molecular weight excluding hydrogens is 528 g/mol. The van der Waals surface area contributed by atoms with E-state index < -0.39 is 0 Å². The Morgan fingerprint density at radius 1 is 0.558 bits per heavy atom. The van der Waals surface area contributed by atoms with Gasteiger partial charge < -0.3 is 4.90 Å².